The molecule has 2 N–H and O–H groups in total. The van der Waals surface area contributed by atoms with Crippen LogP contribution in [0.1, 0.15) is 15.9 Å². The van der Waals surface area contributed by atoms with Crippen molar-refractivity contribution in [2.45, 2.75) is 0 Å². The van der Waals surface area contributed by atoms with Crippen molar-refractivity contribution >= 4 is 44.5 Å². The van der Waals surface area contributed by atoms with Crippen LogP contribution in [-0.2, 0) is 19.5 Å². The van der Waals surface area contributed by atoms with Crippen molar-refractivity contribution in [2.75, 3.05) is 0 Å². The number of para-hydroxylation sites is 1. The van der Waals surface area contributed by atoms with Gasteiger partial charge in [-0.15, -0.1) is 0 Å². The van der Waals surface area contributed by atoms with Crippen LogP contribution in [0.2, 0.25) is 0 Å². The summed E-state index contributed by atoms with van der Waals surface area (Å²) < 4.78 is 0. The molecule has 3 heterocycles. The molecule has 0 bridgehead atoms. The van der Waals surface area contributed by atoms with E-state index in [1.54, 1.807) is 18.3 Å². The molecule has 1 fully saturated rings. The van der Waals surface area contributed by atoms with Gasteiger partial charge in [-0.3, -0.25) is 9.78 Å². The van der Waals surface area contributed by atoms with E-state index in [0.29, 0.717) is 22.0 Å². The molecule has 5 radical (unpaired) electrons. The summed E-state index contributed by atoms with van der Waals surface area (Å²) in [7, 11) is 0. The molecule has 4 aromatic rings. The first kappa shape index (κ1) is 21.1. The number of amides is 1. The molecule has 143 valence electrons. The molecule has 0 atom stereocenters. The maximum absolute atomic E-state index is 12.3. The number of nitrogens with zero attached hydrogens (tertiary/aromatic N) is 2. The Labute approximate surface area is 180 Å². The second kappa shape index (κ2) is 8.40. The number of aromatic amines is 1. The molecule has 0 saturated heterocycles. The van der Waals surface area contributed by atoms with Gasteiger partial charge in [-0.25, -0.2) is 4.99 Å². The number of carbonyl (C=O) groups is 1. The zero-order valence-corrected chi connectivity index (χ0v) is 16.7. The Balaban J connectivity index is 0.000000304. The van der Waals surface area contributed by atoms with Crippen molar-refractivity contribution in [3.05, 3.63) is 85.8 Å². The molecule has 29 heavy (non-hydrogen) atoms. The fourth-order valence-electron chi connectivity index (χ4n) is 3.61. The summed E-state index contributed by atoms with van der Waals surface area (Å²) in [5.41, 5.74) is 3.12. The average Bonchev–Trinajstić information content (AvgIpc) is 3.42. The van der Waals surface area contributed by atoms with Gasteiger partial charge in [0.2, 0.25) is 0 Å². The number of pyridine rings is 1. The Morgan fingerprint density at radius 1 is 0.862 bits per heavy atom. The van der Waals surface area contributed by atoms with E-state index in [1.807, 2.05) is 56.4 Å². The zero-order chi connectivity index (χ0) is 18.4. The molecule has 2 aromatic carbocycles. The Hall–Kier alpha value is -2.63. The number of aliphatic imine (C=N–C) groups is 1. The minimum Gasteiger partial charge on any atom is -0.870 e. The van der Waals surface area contributed by atoms with Crippen LogP contribution in [0.4, 0.5) is 0 Å². The number of nitrogens with one attached hydrogen (secondary N) is 1. The largest absolute Gasteiger partial charge is 2.00 e. The second-order valence-corrected chi connectivity index (χ2v) is 6.25. The van der Waals surface area contributed by atoms with E-state index in [-0.39, 0.29) is 25.0 Å². The van der Waals surface area contributed by atoms with Crippen LogP contribution in [0, 0.1) is 32.1 Å². The molecular formula is C22H14N3O3Ru. The number of benzene rings is 2. The van der Waals surface area contributed by atoms with Crippen LogP contribution in [-0.4, -0.2) is 27.2 Å². The van der Waals surface area contributed by atoms with Crippen molar-refractivity contribution in [3.8, 4) is 0 Å². The van der Waals surface area contributed by atoms with Gasteiger partial charge in [0.25, 0.3) is 5.91 Å². The topological polar surface area (TPSA) is 111 Å². The van der Waals surface area contributed by atoms with Crippen molar-refractivity contribution in [1.82, 2.24) is 9.97 Å². The maximum atomic E-state index is 12.3. The molecule has 2 aliphatic rings. The quantitative estimate of drug-likeness (QED) is 0.399. The molecule has 2 aromatic heterocycles. The standard InChI is InChI=1S/C17H9N3O2.C5H5.H2O.Ru/c21-16-12-9-5-3-7-18-14(9)15-11(13(12)17(22)20-16)8-4-1-2-6-10(8)19-15;1-2-4-5-3-1;;/h1-7,19H,(H,20,21,22);1-5H;1H2;/q;;;+2/p-2. The fraction of sp³-hybridized carbons (Fsp3) is 0. The number of aromatic nitrogens is 2. The number of hydrogen-bond acceptors (Lipinski definition) is 4. The van der Waals surface area contributed by atoms with Gasteiger partial charge in [-0.2, -0.15) is 0 Å². The summed E-state index contributed by atoms with van der Waals surface area (Å²) >= 11 is 0. The van der Waals surface area contributed by atoms with Gasteiger partial charge in [0, 0.05) is 39.3 Å². The van der Waals surface area contributed by atoms with Crippen LogP contribution in [0.5, 0.6) is 0 Å². The smallest absolute Gasteiger partial charge is 0.870 e. The number of carbonyl (C=O) groups excluding carboxylic acids is 1. The predicted octanol–water partition coefficient (Wildman–Crippen LogP) is 2.97. The molecule has 6 nitrogen and oxygen atoms in total. The van der Waals surface area contributed by atoms with Crippen LogP contribution >= 0.6 is 0 Å². The molecule has 1 amide bonds. The van der Waals surface area contributed by atoms with Crippen molar-refractivity contribution in [3.63, 3.8) is 0 Å². The summed E-state index contributed by atoms with van der Waals surface area (Å²) in [6.07, 6.45) is 11.7. The SMILES string of the molecule is O=C1N=C([O-])c2c1c1cccnc1c1[nH]c3ccccc3c21.[CH]1[CH][CH][CH][CH]1.[OH-].[Ru+2]. The molecule has 1 aliphatic carbocycles. The summed E-state index contributed by atoms with van der Waals surface area (Å²) in [4.78, 5) is 23.5. The Morgan fingerprint density at radius 2 is 1.52 bits per heavy atom. The van der Waals surface area contributed by atoms with Crippen molar-refractivity contribution in [2.24, 2.45) is 4.99 Å². The van der Waals surface area contributed by atoms with Gasteiger partial charge in [0.1, 0.15) is 0 Å². The van der Waals surface area contributed by atoms with E-state index in [2.05, 4.69) is 15.0 Å². The monoisotopic (exact) mass is 470 g/mol. The Morgan fingerprint density at radius 3 is 2.24 bits per heavy atom. The van der Waals surface area contributed by atoms with Crippen molar-refractivity contribution in [1.29, 1.82) is 0 Å². The molecule has 1 saturated carbocycles. The minimum atomic E-state index is -0.481. The van der Waals surface area contributed by atoms with Gasteiger partial charge >= 0.3 is 19.5 Å². The van der Waals surface area contributed by atoms with E-state index in [1.165, 1.54) is 0 Å². The van der Waals surface area contributed by atoms with Crippen molar-refractivity contribution < 1.29 is 34.9 Å². The third kappa shape index (κ3) is 3.35. The normalized spacial score (nSPS) is 14.8. The Bertz CT molecular complexity index is 1230. The molecule has 0 spiro atoms. The first-order valence-corrected chi connectivity index (χ1v) is 8.54. The number of H-pyrrole nitrogens is 1. The maximum Gasteiger partial charge on any atom is 2.00 e. The fourth-order valence-corrected chi connectivity index (χ4v) is 3.61. The molecular weight excluding hydrogens is 455 g/mol. The van der Waals surface area contributed by atoms with E-state index in [4.69, 9.17) is 0 Å². The summed E-state index contributed by atoms with van der Waals surface area (Å²) in [5, 5.41) is 14.6. The van der Waals surface area contributed by atoms with Crippen LogP contribution < -0.4 is 5.11 Å². The number of fused-ring (bicyclic) bond motifs is 8. The molecule has 1 aliphatic heterocycles. The van der Waals surface area contributed by atoms with Gasteiger partial charge in [0.05, 0.1) is 16.6 Å². The molecule has 6 rings (SSSR count). The Kier molecular flexibility index (Phi) is 6.11. The third-order valence-electron chi connectivity index (χ3n) is 4.71. The van der Waals surface area contributed by atoms with E-state index in [0.717, 1.165) is 21.8 Å². The number of rotatable bonds is 0. The summed E-state index contributed by atoms with van der Waals surface area (Å²) in [6, 6.07) is 11.3. The van der Waals surface area contributed by atoms with Gasteiger partial charge in [-0.05, 0) is 44.2 Å². The van der Waals surface area contributed by atoms with Gasteiger partial charge in [0.15, 0.2) is 0 Å². The average molecular weight is 469 g/mol. The second-order valence-electron chi connectivity index (χ2n) is 6.25. The van der Waals surface area contributed by atoms with Crippen LogP contribution in [0.15, 0.2) is 47.6 Å². The summed E-state index contributed by atoms with van der Waals surface area (Å²) in [5.74, 6) is -0.953. The van der Waals surface area contributed by atoms with E-state index < -0.39 is 11.8 Å². The molecule has 0 unspecified atom stereocenters. The van der Waals surface area contributed by atoms with E-state index >= 15 is 0 Å². The predicted molar refractivity (Wildman–Crippen MR) is 105 cm³/mol. The third-order valence-corrected chi connectivity index (χ3v) is 4.71. The van der Waals surface area contributed by atoms with Crippen LogP contribution in [0.3, 0.4) is 0 Å². The first-order valence-electron chi connectivity index (χ1n) is 8.54. The van der Waals surface area contributed by atoms with Gasteiger partial charge < -0.3 is 15.6 Å². The zero-order valence-electron chi connectivity index (χ0n) is 14.9. The minimum absolute atomic E-state index is 0. The van der Waals surface area contributed by atoms with Crippen LogP contribution in [0.25, 0.3) is 32.7 Å². The number of hydrogen-bond donors (Lipinski definition) is 1. The van der Waals surface area contributed by atoms with E-state index in [9.17, 15) is 9.90 Å². The molecule has 7 heteroatoms. The summed E-state index contributed by atoms with van der Waals surface area (Å²) in [6.45, 7) is 0. The van der Waals surface area contributed by atoms with Gasteiger partial charge in [-0.1, -0.05) is 24.3 Å². The first-order chi connectivity index (χ1) is 13.3.